The fourth-order valence-electron chi connectivity index (χ4n) is 1.63. The number of oxazole rings is 1. The Kier molecular flexibility index (Phi) is 4.18. The first-order valence-electron chi connectivity index (χ1n) is 6.20. The largest absolute Gasteiger partial charge is 0.478 e. The second-order valence-electron chi connectivity index (χ2n) is 4.45. The number of nitrogens with zero attached hydrogens (tertiary/aromatic N) is 1. The number of aromatic nitrogens is 1. The predicted octanol–water partition coefficient (Wildman–Crippen LogP) is 2.70. The standard InChI is InChI=1S/C15H14N2O4/c1-9(10(2)15(19)20)14(18)17-12-5-3-11(4-6-12)13-7-16-8-21-13/h3-8H,1-2H3,(H,17,18)(H,19,20). The zero-order valence-corrected chi connectivity index (χ0v) is 11.6. The van der Waals surface area contributed by atoms with Gasteiger partial charge in [-0.05, 0) is 38.1 Å². The number of amides is 1. The smallest absolute Gasteiger partial charge is 0.331 e. The zero-order valence-electron chi connectivity index (χ0n) is 11.6. The van der Waals surface area contributed by atoms with Crippen molar-refractivity contribution in [1.29, 1.82) is 0 Å². The summed E-state index contributed by atoms with van der Waals surface area (Å²) in [6, 6.07) is 6.97. The average molecular weight is 286 g/mol. The number of hydrogen-bond acceptors (Lipinski definition) is 4. The number of carboxylic acids is 1. The molecule has 0 bridgehead atoms. The van der Waals surface area contributed by atoms with Gasteiger partial charge in [0.1, 0.15) is 0 Å². The molecule has 0 aliphatic rings. The van der Waals surface area contributed by atoms with E-state index in [1.54, 1.807) is 30.5 Å². The van der Waals surface area contributed by atoms with E-state index in [0.29, 0.717) is 11.4 Å². The summed E-state index contributed by atoms with van der Waals surface area (Å²) >= 11 is 0. The summed E-state index contributed by atoms with van der Waals surface area (Å²) in [6.07, 6.45) is 2.94. The first-order valence-corrected chi connectivity index (χ1v) is 6.20. The van der Waals surface area contributed by atoms with Gasteiger partial charge in [0, 0.05) is 22.4 Å². The molecule has 0 saturated carbocycles. The van der Waals surface area contributed by atoms with Crippen molar-refractivity contribution in [2.24, 2.45) is 0 Å². The molecule has 108 valence electrons. The minimum absolute atomic E-state index is 0.0192. The molecule has 0 fully saturated rings. The Labute approximate surface area is 121 Å². The number of rotatable bonds is 4. The molecule has 1 heterocycles. The van der Waals surface area contributed by atoms with Gasteiger partial charge in [-0.1, -0.05) is 0 Å². The maximum Gasteiger partial charge on any atom is 0.331 e. The van der Waals surface area contributed by atoms with Crippen molar-refractivity contribution in [3.05, 3.63) is 48.0 Å². The molecular weight excluding hydrogens is 272 g/mol. The van der Waals surface area contributed by atoms with Gasteiger partial charge in [0.05, 0.1) is 6.20 Å². The Morgan fingerprint density at radius 2 is 1.81 bits per heavy atom. The molecule has 21 heavy (non-hydrogen) atoms. The van der Waals surface area contributed by atoms with E-state index in [4.69, 9.17) is 9.52 Å². The molecule has 1 aromatic carbocycles. The molecular formula is C15H14N2O4. The van der Waals surface area contributed by atoms with Crippen molar-refractivity contribution in [1.82, 2.24) is 4.98 Å². The van der Waals surface area contributed by atoms with Crippen LogP contribution in [0.3, 0.4) is 0 Å². The molecule has 0 unspecified atom stereocenters. The third-order valence-electron chi connectivity index (χ3n) is 3.08. The van der Waals surface area contributed by atoms with Gasteiger partial charge >= 0.3 is 5.97 Å². The molecule has 0 spiro atoms. The van der Waals surface area contributed by atoms with E-state index in [0.717, 1.165) is 5.56 Å². The number of anilines is 1. The van der Waals surface area contributed by atoms with Gasteiger partial charge in [-0.3, -0.25) is 4.79 Å². The van der Waals surface area contributed by atoms with Crippen LogP contribution in [0.5, 0.6) is 0 Å². The summed E-state index contributed by atoms with van der Waals surface area (Å²) in [7, 11) is 0. The van der Waals surface area contributed by atoms with E-state index < -0.39 is 11.9 Å². The number of carboxylic acid groups (broad SMARTS) is 1. The van der Waals surface area contributed by atoms with Crippen LogP contribution in [0.15, 0.2) is 52.4 Å². The summed E-state index contributed by atoms with van der Waals surface area (Å²) in [5, 5.41) is 11.5. The van der Waals surface area contributed by atoms with Gasteiger partial charge in [-0.25, -0.2) is 9.78 Å². The molecule has 1 amide bonds. The van der Waals surface area contributed by atoms with Gasteiger partial charge in [0.25, 0.3) is 5.91 Å². The van der Waals surface area contributed by atoms with Crippen LogP contribution >= 0.6 is 0 Å². The average Bonchev–Trinajstić information content (AvgIpc) is 3.00. The Hall–Kier alpha value is -2.89. The normalized spacial score (nSPS) is 11.7. The third kappa shape index (κ3) is 3.36. The van der Waals surface area contributed by atoms with Gasteiger partial charge in [-0.2, -0.15) is 0 Å². The van der Waals surface area contributed by atoms with E-state index in [9.17, 15) is 9.59 Å². The van der Waals surface area contributed by atoms with E-state index in [1.807, 2.05) is 0 Å². The molecule has 2 N–H and O–H groups in total. The highest BCUT2D eigenvalue weighted by Gasteiger charge is 2.12. The van der Waals surface area contributed by atoms with Gasteiger partial charge in [-0.15, -0.1) is 0 Å². The number of aliphatic carboxylic acids is 1. The highest BCUT2D eigenvalue weighted by Crippen LogP contribution is 2.21. The molecule has 0 saturated heterocycles. The van der Waals surface area contributed by atoms with Crippen molar-refractivity contribution in [3.8, 4) is 11.3 Å². The van der Waals surface area contributed by atoms with Crippen LogP contribution in [-0.2, 0) is 9.59 Å². The fraction of sp³-hybridized carbons (Fsp3) is 0.133. The lowest BCUT2D eigenvalue weighted by Crippen LogP contribution is -2.16. The lowest BCUT2D eigenvalue weighted by Gasteiger charge is -2.07. The second kappa shape index (κ2) is 6.04. The Morgan fingerprint density at radius 1 is 1.14 bits per heavy atom. The van der Waals surface area contributed by atoms with Crippen LogP contribution in [0.25, 0.3) is 11.3 Å². The predicted molar refractivity (Wildman–Crippen MR) is 76.6 cm³/mol. The van der Waals surface area contributed by atoms with Crippen LogP contribution < -0.4 is 5.32 Å². The summed E-state index contributed by atoms with van der Waals surface area (Å²) in [6.45, 7) is 2.87. The fourth-order valence-corrected chi connectivity index (χ4v) is 1.63. The lowest BCUT2D eigenvalue weighted by atomic mass is 10.1. The molecule has 2 rings (SSSR count). The van der Waals surface area contributed by atoms with Crippen molar-refractivity contribution in [2.75, 3.05) is 5.32 Å². The Bertz CT molecular complexity index is 685. The molecule has 0 aliphatic heterocycles. The summed E-state index contributed by atoms with van der Waals surface area (Å²) in [5.74, 6) is -0.920. The third-order valence-corrected chi connectivity index (χ3v) is 3.08. The molecule has 0 atom stereocenters. The minimum atomic E-state index is -1.11. The monoisotopic (exact) mass is 286 g/mol. The van der Waals surface area contributed by atoms with Crippen LogP contribution in [0, 0.1) is 0 Å². The van der Waals surface area contributed by atoms with E-state index >= 15 is 0 Å². The number of hydrogen-bond donors (Lipinski definition) is 2. The SMILES string of the molecule is CC(C(=O)O)=C(C)C(=O)Nc1ccc(-c2cnco2)cc1. The summed E-state index contributed by atoms with van der Waals surface area (Å²) in [4.78, 5) is 26.6. The van der Waals surface area contributed by atoms with E-state index in [1.165, 1.54) is 20.2 Å². The highest BCUT2D eigenvalue weighted by molar-refractivity contribution is 6.08. The number of nitrogens with one attached hydrogen (secondary N) is 1. The zero-order chi connectivity index (χ0) is 15.4. The first kappa shape index (κ1) is 14.5. The molecule has 1 aromatic heterocycles. The van der Waals surface area contributed by atoms with E-state index in [2.05, 4.69) is 10.3 Å². The van der Waals surface area contributed by atoms with Crippen LogP contribution in [0.4, 0.5) is 5.69 Å². The summed E-state index contributed by atoms with van der Waals surface area (Å²) in [5.41, 5.74) is 1.59. The number of carbonyl (C=O) groups excluding carboxylic acids is 1. The minimum Gasteiger partial charge on any atom is -0.478 e. The molecule has 0 aliphatic carbocycles. The van der Waals surface area contributed by atoms with Gasteiger partial charge < -0.3 is 14.8 Å². The van der Waals surface area contributed by atoms with Crippen LogP contribution in [0.1, 0.15) is 13.8 Å². The topological polar surface area (TPSA) is 92.4 Å². The second-order valence-corrected chi connectivity index (χ2v) is 4.45. The van der Waals surface area contributed by atoms with Crippen LogP contribution in [0.2, 0.25) is 0 Å². The molecule has 0 radical (unpaired) electrons. The van der Waals surface area contributed by atoms with Crippen LogP contribution in [-0.4, -0.2) is 22.0 Å². The van der Waals surface area contributed by atoms with Crippen molar-refractivity contribution >= 4 is 17.6 Å². The molecule has 2 aromatic rings. The maximum atomic E-state index is 11.9. The van der Waals surface area contributed by atoms with E-state index in [-0.39, 0.29) is 11.1 Å². The Balaban J connectivity index is 2.12. The maximum absolute atomic E-state index is 11.9. The van der Waals surface area contributed by atoms with Crippen molar-refractivity contribution in [2.45, 2.75) is 13.8 Å². The van der Waals surface area contributed by atoms with Crippen molar-refractivity contribution < 1.29 is 19.1 Å². The van der Waals surface area contributed by atoms with Crippen molar-refractivity contribution in [3.63, 3.8) is 0 Å². The summed E-state index contributed by atoms with van der Waals surface area (Å²) < 4.78 is 5.17. The van der Waals surface area contributed by atoms with Gasteiger partial charge in [0.15, 0.2) is 12.2 Å². The quantitative estimate of drug-likeness (QED) is 0.843. The van der Waals surface area contributed by atoms with Gasteiger partial charge in [0.2, 0.25) is 0 Å². The first-order chi connectivity index (χ1) is 9.99. The number of carbonyl (C=O) groups is 2. The highest BCUT2D eigenvalue weighted by atomic mass is 16.4. The lowest BCUT2D eigenvalue weighted by molar-refractivity contribution is -0.133. The Morgan fingerprint density at radius 3 is 2.33 bits per heavy atom. The molecule has 6 nitrogen and oxygen atoms in total. The number of benzene rings is 1. The molecule has 6 heteroatoms.